The average Bonchev–Trinajstić information content (AvgIpc) is 3.22. The molecule has 2 aliphatic rings. The van der Waals surface area contributed by atoms with Crippen LogP contribution in [0.1, 0.15) is 45.3 Å². The maximum Gasteiger partial charge on any atom is 0.262 e. The molecule has 1 aromatic heterocycles. The van der Waals surface area contributed by atoms with Gasteiger partial charge >= 0.3 is 0 Å². The Bertz CT molecular complexity index is 1130. The Morgan fingerprint density at radius 2 is 1.72 bits per heavy atom. The molecule has 146 valence electrons. The second kappa shape index (κ2) is 6.58. The largest absolute Gasteiger partial charge is 0.358 e. The van der Waals surface area contributed by atoms with Gasteiger partial charge in [-0.25, -0.2) is 0 Å². The number of hydrogen-bond acceptors (Lipinski definition) is 3. The maximum absolute atomic E-state index is 12.9. The Labute approximate surface area is 167 Å². The fraction of sp³-hybridized carbons (Fsp3) is 0.261. The Morgan fingerprint density at radius 3 is 2.45 bits per heavy atom. The summed E-state index contributed by atoms with van der Waals surface area (Å²) in [4.78, 5) is 42.6. The number of imide groups is 1. The summed E-state index contributed by atoms with van der Waals surface area (Å²) in [5.41, 5.74) is 4.30. The van der Waals surface area contributed by atoms with Gasteiger partial charge in [0.1, 0.15) is 6.04 Å². The molecule has 1 aliphatic carbocycles. The van der Waals surface area contributed by atoms with Crippen LogP contribution in [0.5, 0.6) is 0 Å². The van der Waals surface area contributed by atoms with Crippen molar-refractivity contribution in [3.8, 4) is 0 Å². The van der Waals surface area contributed by atoms with Crippen LogP contribution in [0.25, 0.3) is 10.9 Å². The number of benzene rings is 2. The van der Waals surface area contributed by atoms with Gasteiger partial charge in [0.15, 0.2) is 0 Å². The van der Waals surface area contributed by atoms with E-state index < -0.39 is 17.9 Å². The van der Waals surface area contributed by atoms with Gasteiger partial charge in [0.2, 0.25) is 5.91 Å². The minimum atomic E-state index is -0.855. The Hall–Kier alpha value is -3.41. The lowest BCUT2D eigenvalue weighted by molar-refractivity contribution is -0.125. The molecule has 6 heteroatoms. The number of rotatable bonds is 3. The van der Waals surface area contributed by atoms with E-state index in [-0.39, 0.29) is 11.9 Å². The number of fused-ring (bicyclic) bond motifs is 4. The van der Waals surface area contributed by atoms with Gasteiger partial charge in [-0.15, -0.1) is 0 Å². The summed E-state index contributed by atoms with van der Waals surface area (Å²) in [7, 11) is 0. The molecule has 0 fully saturated rings. The summed E-state index contributed by atoms with van der Waals surface area (Å²) in [6.45, 7) is 1.61. The molecule has 0 bridgehead atoms. The zero-order valence-electron chi connectivity index (χ0n) is 16.1. The lowest BCUT2D eigenvalue weighted by Crippen LogP contribution is -2.51. The van der Waals surface area contributed by atoms with Crippen LogP contribution < -0.4 is 5.32 Å². The number of para-hydroxylation sites is 1. The van der Waals surface area contributed by atoms with Crippen LogP contribution in [0.3, 0.4) is 0 Å². The lowest BCUT2D eigenvalue weighted by atomic mass is 9.91. The molecule has 29 heavy (non-hydrogen) atoms. The van der Waals surface area contributed by atoms with E-state index in [2.05, 4.69) is 22.4 Å². The number of aromatic nitrogens is 1. The van der Waals surface area contributed by atoms with Crippen molar-refractivity contribution in [3.05, 3.63) is 70.9 Å². The summed E-state index contributed by atoms with van der Waals surface area (Å²) in [5.74, 6) is -1.12. The molecule has 2 aromatic carbocycles. The number of hydrogen-bond donors (Lipinski definition) is 2. The van der Waals surface area contributed by atoms with Crippen LogP contribution in [0.2, 0.25) is 0 Å². The number of carbonyl (C=O) groups excluding carboxylic acids is 3. The molecule has 0 saturated heterocycles. The standard InChI is InChI=1S/C23H21N3O3/c1-13(26-22(28)17-7-2-3-8-18(17)23(26)29)21(27)24-14-10-11-16-15-6-4-5-9-19(15)25-20(16)12-14/h2-9,13-14,25H,10-12H2,1H3,(H,24,27). The van der Waals surface area contributed by atoms with Crippen molar-refractivity contribution in [3.63, 3.8) is 0 Å². The first-order valence-corrected chi connectivity index (χ1v) is 9.90. The van der Waals surface area contributed by atoms with Crippen LogP contribution in [0, 0.1) is 0 Å². The summed E-state index contributed by atoms with van der Waals surface area (Å²) >= 11 is 0. The van der Waals surface area contributed by atoms with Gasteiger partial charge in [-0.3, -0.25) is 19.3 Å². The first-order chi connectivity index (χ1) is 14.0. The second-order valence-electron chi connectivity index (χ2n) is 7.78. The number of aryl methyl sites for hydroxylation is 1. The van der Waals surface area contributed by atoms with Crippen LogP contribution in [0.4, 0.5) is 0 Å². The highest BCUT2D eigenvalue weighted by Gasteiger charge is 2.41. The van der Waals surface area contributed by atoms with E-state index in [1.54, 1.807) is 31.2 Å². The van der Waals surface area contributed by atoms with Crippen molar-refractivity contribution in [1.82, 2.24) is 15.2 Å². The SMILES string of the molecule is CC(C(=O)NC1CCc2c([nH]c3ccccc23)C1)N1C(=O)c2ccccc2C1=O. The number of nitrogens with zero attached hydrogens (tertiary/aromatic N) is 1. The van der Waals surface area contributed by atoms with Crippen LogP contribution in [0.15, 0.2) is 48.5 Å². The van der Waals surface area contributed by atoms with Gasteiger partial charge in [0.25, 0.3) is 11.8 Å². The first-order valence-electron chi connectivity index (χ1n) is 9.90. The molecule has 6 nitrogen and oxygen atoms in total. The maximum atomic E-state index is 12.9. The number of aromatic amines is 1. The van der Waals surface area contributed by atoms with Gasteiger partial charge < -0.3 is 10.3 Å². The van der Waals surface area contributed by atoms with E-state index in [1.165, 1.54) is 10.9 Å². The van der Waals surface area contributed by atoms with Crippen molar-refractivity contribution in [1.29, 1.82) is 0 Å². The number of nitrogens with one attached hydrogen (secondary N) is 2. The predicted molar refractivity (Wildman–Crippen MR) is 109 cm³/mol. The smallest absolute Gasteiger partial charge is 0.262 e. The zero-order chi connectivity index (χ0) is 20.1. The van der Waals surface area contributed by atoms with Crippen molar-refractivity contribution >= 4 is 28.6 Å². The number of H-pyrrole nitrogens is 1. The second-order valence-corrected chi connectivity index (χ2v) is 7.78. The van der Waals surface area contributed by atoms with Crippen molar-refractivity contribution < 1.29 is 14.4 Å². The van der Waals surface area contributed by atoms with Crippen molar-refractivity contribution in [2.24, 2.45) is 0 Å². The fourth-order valence-corrected chi connectivity index (χ4v) is 4.50. The van der Waals surface area contributed by atoms with Crippen molar-refractivity contribution in [2.75, 3.05) is 0 Å². The highest BCUT2D eigenvalue weighted by atomic mass is 16.2. The molecule has 3 aromatic rings. The highest BCUT2D eigenvalue weighted by molar-refractivity contribution is 6.22. The minimum absolute atomic E-state index is 0.0271. The van der Waals surface area contributed by atoms with Crippen LogP contribution >= 0.6 is 0 Å². The monoisotopic (exact) mass is 387 g/mol. The summed E-state index contributed by atoms with van der Waals surface area (Å²) in [6, 6.07) is 14.0. The average molecular weight is 387 g/mol. The Balaban J connectivity index is 1.31. The molecule has 5 rings (SSSR count). The molecule has 0 saturated carbocycles. The molecule has 0 radical (unpaired) electrons. The summed E-state index contributed by atoms with van der Waals surface area (Å²) in [6.07, 6.45) is 2.42. The van der Waals surface area contributed by atoms with E-state index in [1.807, 2.05) is 12.1 Å². The molecular weight excluding hydrogens is 366 g/mol. The minimum Gasteiger partial charge on any atom is -0.358 e. The molecule has 0 spiro atoms. The predicted octanol–water partition coefficient (Wildman–Crippen LogP) is 2.83. The van der Waals surface area contributed by atoms with E-state index in [0.717, 1.165) is 29.0 Å². The third kappa shape index (κ3) is 2.75. The van der Waals surface area contributed by atoms with Gasteiger partial charge in [-0.05, 0) is 43.5 Å². The first kappa shape index (κ1) is 17.7. The van der Waals surface area contributed by atoms with Crippen molar-refractivity contribution in [2.45, 2.75) is 38.3 Å². The molecular formula is C23H21N3O3. The normalized spacial score (nSPS) is 19.2. The Kier molecular flexibility index (Phi) is 4.01. The van der Waals surface area contributed by atoms with Crippen LogP contribution in [-0.4, -0.2) is 39.7 Å². The molecule has 2 heterocycles. The number of amides is 3. The van der Waals surface area contributed by atoms with E-state index in [9.17, 15) is 14.4 Å². The zero-order valence-corrected chi connectivity index (χ0v) is 16.1. The van der Waals surface area contributed by atoms with E-state index in [4.69, 9.17) is 0 Å². The van der Waals surface area contributed by atoms with Crippen LogP contribution in [-0.2, 0) is 17.6 Å². The van der Waals surface area contributed by atoms with Gasteiger partial charge in [0.05, 0.1) is 11.1 Å². The molecule has 3 amide bonds. The lowest BCUT2D eigenvalue weighted by Gasteiger charge is -2.27. The molecule has 2 N–H and O–H groups in total. The Morgan fingerprint density at radius 1 is 1.07 bits per heavy atom. The van der Waals surface area contributed by atoms with Gasteiger partial charge in [-0.1, -0.05) is 30.3 Å². The van der Waals surface area contributed by atoms with Gasteiger partial charge in [-0.2, -0.15) is 0 Å². The number of carbonyl (C=O) groups is 3. The quantitative estimate of drug-likeness (QED) is 0.678. The topological polar surface area (TPSA) is 82.3 Å². The summed E-state index contributed by atoms with van der Waals surface area (Å²) in [5, 5.41) is 4.29. The third-order valence-electron chi connectivity index (χ3n) is 6.03. The molecule has 1 aliphatic heterocycles. The van der Waals surface area contributed by atoms with E-state index >= 15 is 0 Å². The fourth-order valence-electron chi connectivity index (χ4n) is 4.50. The third-order valence-corrected chi connectivity index (χ3v) is 6.03. The molecule has 2 atom stereocenters. The van der Waals surface area contributed by atoms with E-state index in [0.29, 0.717) is 17.5 Å². The summed E-state index contributed by atoms with van der Waals surface area (Å²) < 4.78 is 0. The molecule has 2 unspecified atom stereocenters. The van der Waals surface area contributed by atoms with Gasteiger partial charge in [0, 0.05) is 29.1 Å². The highest BCUT2D eigenvalue weighted by Crippen LogP contribution is 2.29.